The molecule has 0 spiro atoms. The van der Waals surface area contributed by atoms with E-state index in [1.165, 1.54) is 12.5 Å². The molecule has 4 rings (SSSR count). The van der Waals surface area contributed by atoms with Crippen molar-refractivity contribution in [1.82, 2.24) is 10.2 Å². The quantitative estimate of drug-likeness (QED) is 0.439. The van der Waals surface area contributed by atoms with Crippen LogP contribution in [0.2, 0.25) is 5.02 Å². The van der Waals surface area contributed by atoms with Gasteiger partial charge in [0.1, 0.15) is 0 Å². The van der Waals surface area contributed by atoms with Crippen molar-refractivity contribution in [3.8, 4) is 0 Å². The van der Waals surface area contributed by atoms with Crippen LogP contribution in [0.15, 0.2) is 48.5 Å². The highest BCUT2D eigenvalue weighted by Crippen LogP contribution is 2.33. The highest BCUT2D eigenvalue weighted by Gasteiger charge is 2.38. The van der Waals surface area contributed by atoms with Crippen LogP contribution in [0.5, 0.6) is 0 Å². The first-order chi connectivity index (χ1) is 17.0. The minimum atomic E-state index is -0.710. The van der Waals surface area contributed by atoms with Gasteiger partial charge in [0, 0.05) is 41.3 Å². The average molecular weight is 499 g/mol. The van der Waals surface area contributed by atoms with Gasteiger partial charge in [0.15, 0.2) is 12.4 Å². The van der Waals surface area contributed by atoms with Crippen LogP contribution in [0.3, 0.4) is 0 Å². The number of hydrogen-bond donors (Lipinski definition) is 1. The van der Waals surface area contributed by atoms with Crippen molar-refractivity contribution in [3.05, 3.63) is 70.2 Å². The standard InChI is InChI=1S/C27H31ClN2O5/c28-21-10-8-20(9-11-21)25(32)22-6-2-3-7-23(22)26(33)35-18-24(31)29-19-27(12-4-1-5-13-27)30-14-16-34-17-15-30/h2-3,6-11H,1,4-5,12-19H2,(H,29,31). The Morgan fingerprint density at radius 2 is 1.60 bits per heavy atom. The number of rotatable bonds is 8. The van der Waals surface area contributed by atoms with Gasteiger partial charge in [0.25, 0.3) is 5.91 Å². The van der Waals surface area contributed by atoms with E-state index in [-0.39, 0.29) is 28.4 Å². The molecule has 0 aromatic heterocycles. The molecule has 1 saturated heterocycles. The molecule has 2 fully saturated rings. The predicted octanol–water partition coefficient (Wildman–Crippen LogP) is 3.88. The highest BCUT2D eigenvalue weighted by molar-refractivity contribution is 6.30. The Morgan fingerprint density at radius 1 is 0.943 bits per heavy atom. The highest BCUT2D eigenvalue weighted by atomic mass is 35.5. The molecule has 8 heteroatoms. The van der Waals surface area contributed by atoms with Crippen LogP contribution < -0.4 is 5.32 Å². The lowest BCUT2D eigenvalue weighted by molar-refractivity contribution is -0.125. The van der Waals surface area contributed by atoms with Gasteiger partial charge in [-0.3, -0.25) is 14.5 Å². The summed E-state index contributed by atoms with van der Waals surface area (Å²) in [5.74, 6) is -1.37. The Morgan fingerprint density at radius 3 is 2.29 bits per heavy atom. The molecule has 1 aliphatic heterocycles. The molecule has 1 saturated carbocycles. The second-order valence-corrected chi connectivity index (χ2v) is 9.56. The van der Waals surface area contributed by atoms with E-state index >= 15 is 0 Å². The second-order valence-electron chi connectivity index (χ2n) is 9.12. The van der Waals surface area contributed by atoms with Gasteiger partial charge in [-0.1, -0.05) is 49.1 Å². The molecular formula is C27H31ClN2O5. The van der Waals surface area contributed by atoms with Crippen LogP contribution in [0.1, 0.15) is 58.4 Å². The largest absolute Gasteiger partial charge is 0.452 e. The van der Waals surface area contributed by atoms with E-state index in [0.717, 1.165) is 38.8 Å². The minimum absolute atomic E-state index is 0.0701. The summed E-state index contributed by atoms with van der Waals surface area (Å²) in [6, 6.07) is 12.9. The van der Waals surface area contributed by atoms with Gasteiger partial charge < -0.3 is 14.8 Å². The average Bonchev–Trinajstić information content (AvgIpc) is 2.91. The summed E-state index contributed by atoms with van der Waals surface area (Å²) in [7, 11) is 0. The summed E-state index contributed by atoms with van der Waals surface area (Å²) < 4.78 is 10.8. The van der Waals surface area contributed by atoms with Crippen molar-refractivity contribution in [1.29, 1.82) is 0 Å². The molecule has 1 amide bonds. The maximum Gasteiger partial charge on any atom is 0.339 e. The number of ether oxygens (including phenoxy) is 2. The number of nitrogens with one attached hydrogen (secondary N) is 1. The van der Waals surface area contributed by atoms with Crippen molar-refractivity contribution in [3.63, 3.8) is 0 Å². The van der Waals surface area contributed by atoms with Crippen LogP contribution in [0, 0.1) is 0 Å². The summed E-state index contributed by atoms with van der Waals surface area (Å²) in [6.07, 6.45) is 5.56. The lowest BCUT2D eigenvalue weighted by Gasteiger charge is -2.48. The molecule has 7 nitrogen and oxygen atoms in total. The summed E-state index contributed by atoms with van der Waals surface area (Å²) >= 11 is 5.91. The van der Waals surface area contributed by atoms with Crippen molar-refractivity contribution in [2.24, 2.45) is 0 Å². The fourth-order valence-electron chi connectivity index (χ4n) is 4.99. The Labute approximate surface area is 210 Å². The monoisotopic (exact) mass is 498 g/mol. The first kappa shape index (κ1) is 25.4. The number of amides is 1. The number of benzene rings is 2. The van der Waals surface area contributed by atoms with Gasteiger partial charge in [-0.2, -0.15) is 0 Å². The molecule has 2 aromatic carbocycles. The molecule has 1 N–H and O–H groups in total. The van der Waals surface area contributed by atoms with E-state index in [9.17, 15) is 14.4 Å². The predicted molar refractivity (Wildman–Crippen MR) is 133 cm³/mol. The van der Waals surface area contributed by atoms with Crippen LogP contribution in [0.4, 0.5) is 0 Å². The Balaban J connectivity index is 1.36. The second kappa shape index (κ2) is 11.8. The maximum absolute atomic E-state index is 12.9. The normalized spacial score (nSPS) is 18.0. The molecule has 1 heterocycles. The molecule has 0 bridgehead atoms. The minimum Gasteiger partial charge on any atom is -0.452 e. The van der Waals surface area contributed by atoms with Gasteiger partial charge >= 0.3 is 5.97 Å². The summed E-state index contributed by atoms with van der Waals surface area (Å²) in [6.45, 7) is 3.27. The van der Waals surface area contributed by atoms with E-state index in [0.29, 0.717) is 30.3 Å². The van der Waals surface area contributed by atoms with Crippen molar-refractivity contribution < 1.29 is 23.9 Å². The Kier molecular flexibility index (Phi) is 8.55. The van der Waals surface area contributed by atoms with Gasteiger partial charge in [-0.15, -0.1) is 0 Å². The SMILES string of the molecule is O=C(COC(=O)c1ccccc1C(=O)c1ccc(Cl)cc1)NCC1(N2CCOCC2)CCCCC1. The third-order valence-corrected chi connectivity index (χ3v) is 7.17. The topological polar surface area (TPSA) is 84.9 Å². The van der Waals surface area contributed by atoms with Gasteiger partial charge in [0.2, 0.25) is 0 Å². The molecular weight excluding hydrogens is 468 g/mol. The van der Waals surface area contributed by atoms with Crippen LogP contribution in [0.25, 0.3) is 0 Å². The van der Waals surface area contributed by atoms with Gasteiger partial charge in [-0.05, 0) is 43.2 Å². The van der Waals surface area contributed by atoms with E-state index < -0.39 is 12.6 Å². The molecule has 2 aliphatic rings. The molecule has 0 radical (unpaired) electrons. The van der Waals surface area contributed by atoms with E-state index in [1.807, 2.05) is 0 Å². The third-order valence-electron chi connectivity index (χ3n) is 6.91. The molecule has 0 atom stereocenters. The van der Waals surface area contributed by atoms with Crippen molar-refractivity contribution >= 4 is 29.3 Å². The lowest BCUT2D eigenvalue weighted by atomic mass is 9.79. The van der Waals surface area contributed by atoms with Crippen molar-refractivity contribution in [2.45, 2.75) is 37.6 Å². The number of carbonyl (C=O) groups excluding carboxylic acids is 3. The van der Waals surface area contributed by atoms with Gasteiger partial charge in [0.05, 0.1) is 18.8 Å². The van der Waals surface area contributed by atoms with E-state index in [1.54, 1.807) is 42.5 Å². The number of carbonyl (C=O) groups is 3. The smallest absolute Gasteiger partial charge is 0.339 e. The number of ketones is 1. The van der Waals surface area contributed by atoms with Crippen LogP contribution in [-0.2, 0) is 14.3 Å². The van der Waals surface area contributed by atoms with Crippen LogP contribution >= 0.6 is 11.6 Å². The van der Waals surface area contributed by atoms with E-state index in [2.05, 4.69) is 10.2 Å². The summed E-state index contributed by atoms with van der Waals surface area (Å²) in [4.78, 5) is 40.8. The fourth-order valence-corrected chi connectivity index (χ4v) is 5.12. The Hall–Kier alpha value is -2.74. The number of halogens is 1. The zero-order chi connectivity index (χ0) is 24.7. The summed E-state index contributed by atoms with van der Waals surface area (Å²) in [5.41, 5.74) is 0.679. The summed E-state index contributed by atoms with van der Waals surface area (Å²) in [5, 5.41) is 3.51. The Bertz CT molecular complexity index is 1040. The molecule has 0 unspecified atom stereocenters. The zero-order valence-corrected chi connectivity index (χ0v) is 20.5. The fraction of sp³-hybridized carbons (Fsp3) is 0.444. The number of esters is 1. The zero-order valence-electron chi connectivity index (χ0n) is 19.8. The van der Waals surface area contributed by atoms with E-state index in [4.69, 9.17) is 21.1 Å². The number of hydrogen-bond acceptors (Lipinski definition) is 6. The molecule has 2 aromatic rings. The molecule has 186 valence electrons. The lowest BCUT2D eigenvalue weighted by Crippen LogP contribution is -2.59. The first-order valence-corrected chi connectivity index (χ1v) is 12.5. The first-order valence-electron chi connectivity index (χ1n) is 12.1. The number of nitrogens with zero attached hydrogens (tertiary/aromatic N) is 1. The molecule has 35 heavy (non-hydrogen) atoms. The number of morpholine rings is 1. The van der Waals surface area contributed by atoms with Crippen LogP contribution in [-0.4, -0.2) is 67.6 Å². The third kappa shape index (κ3) is 6.28. The maximum atomic E-state index is 12.9. The molecule has 1 aliphatic carbocycles. The van der Waals surface area contributed by atoms with Gasteiger partial charge in [-0.25, -0.2) is 4.79 Å². The van der Waals surface area contributed by atoms with Crippen molar-refractivity contribution in [2.75, 3.05) is 39.5 Å².